The second-order valence-corrected chi connectivity index (χ2v) is 7.46. The van der Waals surface area contributed by atoms with Gasteiger partial charge in [-0.1, -0.05) is 42.5 Å². The lowest BCUT2D eigenvalue weighted by atomic mass is 10.0. The van der Waals surface area contributed by atoms with E-state index in [0.717, 1.165) is 13.1 Å². The van der Waals surface area contributed by atoms with E-state index < -0.39 is 0 Å². The van der Waals surface area contributed by atoms with Gasteiger partial charge >= 0.3 is 5.97 Å². The average molecular weight is 383 g/mol. The zero-order valence-corrected chi connectivity index (χ0v) is 16.9. The van der Waals surface area contributed by atoms with Crippen molar-refractivity contribution in [2.75, 3.05) is 26.7 Å². The fourth-order valence-corrected chi connectivity index (χ4v) is 3.53. The van der Waals surface area contributed by atoms with Crippen LogP contribution in [0.1, 0.15) is 38.2 Å². The fourth-order valence-electron chi connectivity index (χ4n) is 3.53. The highest BCUT2D eigenvalue weighted by Crippen LogP contribution is 2.30. The van der Waals surface area contributed by atoms with E-state index in [1.807, 2.05) is 0 Å². The summed E-state index contributed by atoms with van der Waals surface area (Å²) in [7, 11) is 1.76. The van der Waals surface area contributed by atoms with Crippen LogP contribution in [-0.2, 0) is 20.9 Å². The van der Waals surface area contributed by atoms with E-state index in [2.05, 4.69) is 47.4 Å². The Morgan fingerprint density at radius 2 is 1.79 bits per heavy atom. The Morgan fingerprint density at radius 3 is 2.54 bits per heavy atom. The largest absolute Gasteiger partial charge is 0.466 e. The van der Waals surface area contributed by atoms with E-state index >= 15 is 0 Å². The van der Waals surface area contributed by atoms with E-state index in [1.165, 1.54) is 29.2 Å². The van der Waals surface area contributed by atoms with Gasteiger partial charge in [0.1, 0.15) is 0 Å². The molecule has 1 aliphatic carbocycles. The van der Waals surface area contributed by atoms with Gasteiger partial charge in [0.2, 0.25) is 5.91 Å². The molecule has 0 aromatic heterocycles. The highest BCUT2D eigenvalue weighted by atomic mass is 16.5. The maximum atomic E-state index is 12.5. The van der Waals surface area contributed by atoms with Gasteiger partial charge in [-0.3, -0.25) is 14.5 Å². The summed E-state index contributed by atoms with van der Waals surface area (Å²) in [6, 6.07) is 15.5. The molecule has 3 rings (SSSR count). The summed E-state index contributed by atoms with van der Waals surface area (Å²) in [5.74, 6) is -0.175. The van der Waals surface area contributed by atoms with Crippen LogP contribution in [0.3, 0.4) is 0 Å². The van der Waals surface area contributed by atoms with Crippen LogP contribution >= 0.6 is 0 Å². The smallest absolute Gasteiger partial charge is 0.307 e. The molecule has 0 aliphatic heterocycles. The lowest BCUT2D eigenvalue weighted by molar-refractivity contribution is -0.143. The maximum Gasteiger partial charge on any atom is 0.307 e. The van der Waals surface area contributed by atoms with Gasteiger partial charge in [-0.25, -0.2) is 0 Å². The Balaban J connectivity index is 1.55. The molecule has 1 amide bonds. The number of rotatable bonds is 10. The van der Waals surface area contributed by atoms with Crippen molar-refractivity contribution in [3.63, 3.8) is 0 Å². The minimum atomic E-state index is -0.252. The van der Waals surface area contributed by atoms with Gasteiger partial charge in [-0.2, -0.15) is 0 Å². The zero-order chi connectivity index (χ0) is 19.9. The van der Waals surface area contributed by atoms with E-state index in [-0.39, 0.29) is 18.3 Å². The summed E-state index contributed by atoms with van der Waals surface area (Å²) in [5.41, 5.74) is 1.31. The molecule has 0 unspecified atom stereocenters. The molecule has 1 fully saturated rings. The molecular formula is C23H30N2O3. The third-order valence-corrected chi connectivity index (χ3v) is 5.31. The average Bonchev–Trinajstić information content (AvgIpc) is 3.54. The van der Waals surface area contributed by atoms with Crippen LogP contribution in [0.15, 0.2) is 42.5 Å². The second kappa shape index (κ2) is 9.69. The minimum absolute atomic E-state index is 0.0767. The summed E-state index contributed by atoms with van der Waals surface area (Å²) in [6.45, 7) is 4.18. The number of nitrogens with zero attached hydrogens (tertiary/aromatic N) is 2. The standard InChI is InChI=1S/C23H30N2O3/c1-3-28-23(27)14-15-24(2)22(26)13-16-25(20-11-12-20)17-19-9-6-8-18-7-4-5-10-21(18)19/h4-10,20H,3,11-17H2,1-2H3. The summed E-state index contributed by atoms with van der Waals surface area (Å²) in [4.78, 5) is 28.0. The maximum absolute atomic E-state index is 12.5. The number of fused-ring (bicyclic) bond motifs is 1. The zero-order valence-electron chi connectivity index (χ0n) is 16.9. The number of esters is 1. The molecule has 1 saturated carbocycles. The molecule has 0 spiro atoms. The first-order valence-corrected chi connectivity index (χ1v) is 10.2. The predicted octanol–water partition coefficient (Wildman–Crippen LogP) is 3.61. The van der Waals surface area contributed by atoms with Crippen LogP contribution in [0.4, 0.5) is 0 Å². The van der Waals surface area contributed by atoms with E-state index in [9.17, 15) is 9.59 Å². The summed E-state index contributed by atoms with van der Waals surface area (Å²) >= 11 is 0. The monoisotopic (exact) mass is 382 g/mol. The molecular weight excluding hydrogens is 352 g/mol. The molecule has 0 bridgehead atoms. The minimum Gasteiger partial charge on any atom is -0.466 e. The molecule has 0 N–H and O–H groups in total. The van der Waals surface area contributed by atoms with Gasteiger partial charge in [0, 0.05) is 39.1 Å². The van der Waals surface area contributed by atoms with Gasteiger partial charge in [0.05, 0.1) is 13.0 Å². The van der Waals surface area contributed by atoms with Crippen molar-refractivity contribution < 1.29 is 14.3 Å². The van der Waals surface area contributed by atoms with Crippen molar-refractivity contribution in [1.82, 2.24) is 9.80 Å². The lowest BCUT2D eigenvalue weighted by Crippen LogP contribution is -2.34. The van der Waals surface area contributed by atoms with Gasteiger partial charge in [0.25, 0.3) is 0 Å². The molecule has 0 saturated heterocycles. The third kappa shape index (κ3) is 5.55. The van der Waals surface area contributed by atoms with Gasteiger partial charge in [-0.05, 0) is 36.1 Å². The molecule has 0 atom stereocenters. The first kappa shape index (κ1) is 20.3. The number of carbonyl (C=O) groups is 2. The quantitative estimate of drug-likeness (QED) is 0.589. The molecule has 5 heteroatoms. The lowest BCUT2D eigenvalue weighted by Gasteiger charge is -2.24. The molecule has 150 valence electrons. The van der Waals surface area contributed by atoms with Crippen molar-refractivity contribution >= 4 is 22.6 Å². The molecule has 28 heavy (non-hydrogen) atoms. The number of hydrogen-bond acceptors (Lipinski definition) is 4. The Labute approximate surface area is 167 Å². The Bertz CT molecular complexity index is 811. The number of carbonyl (C=O) groups excluding carboxylic acids is 2. The van der Waals surface area contributed by atoms with Crippen LogP contribution in [0.2, 0.25) is 0 Å². The van der Waals surface area contributed by atoms with Crippen LogP contribution in [-0.4, -0.2) is 54.5 Å². The van der Waals surface area contributed by atoms with Gasteiger partial charge in [-0.15, -0.1) is 0 Å². The third-order valence-electron chi connectivity index (χ3n) is 5.31. The number of ether oxygens (including phenoxy) is 1. The van der Waals surface area contributed by atoms with E-state index in [1.54, 1.807) is 18.9 Å². The number of amides is 1. The van der Waals surface area contributed by atoms with E-state index in [0.29, 0.717) is 25.6 Å². The molecule has 2 aromatic carbocycles. The summed E-state index contributed by atoms with van der Waals surface area (Å²) in [5, 5.41) is 2.54. The Morgan fingerprint density at radius 1 is 1.04 bits per heavy atom. The van der Waals surface area contributed by atoms with Crippen molar-refractivity contribution in [2.24, 2.45) is 0 Å². The number of benzene rings is 2. The normalized spacial score (nSPS) is 13.7. The fraction of sp³-hybridized carbons (Fsp3) is 0.478. The summed E-state index contributed by atoms with van der Waals surface area (Å²) < 4.78 is 4.93. The first-order chi connectivity index (χ1) is 13.6. The van der Waals surface area contributed by atoms with Gasteiger partial charge in [0.15, 0.2) is 0 Å². The van der Waals surface area contributed by atoms with Crippen LogP contribution in [0.25, 0.3) is 10.8 Å². The van der Waals surface area contributed by atoms with Crippen LogP contribution < -0.4 is 0 Å². The topological polar surface area (TPSA) is 49.9 Å². The van der Waals surface area contributed by atoms with Crippen molar-refractivity contribution in [2.45, 2.75) is 45.2 Å². The van der Waals surface area contributed by atoms with Crippen molar-refractivity contribution in [3.8, 4) is 0 Å². The van der Waals surface area contributed by atoms with Crippen molar-refractivity contribution in [3.05, 3.63) is 48.0 Å². The first-order valence-electron chi connectivity index (χ1n) is 10.2. The van der Waals surface area contributed by atoms with Crippen LogP contribution in [0, 0.1) is 0 Å². The Hall–Kier alpha value is -2.40. The molecule has 0 radical (unpaired) electrons. The summed E-state index contributed by atoms with van der Waals surface area (Å²) in [6.07, 6.45) is 3.13. The number of hydrogen-bond donors (Lipinski definition) is 0. The molecule has 2 aromatic rings. The highest BCUT2D eigenvalue weighted by Gasteiger charge is 2.29. The van der Waals surface area contributed by atoms with Gasteiger partial charge < -0.3 is 9.64 Å². The predicted molar refractivity (Wildman–Crippen MR) is 111 cm³/mol. The SMILES string of the molecule is CCOC(=O)CCN(C)C(=O)CCN(Cc1cccc2ccccc12)C1CC1. The van der Waals surface area contributed by atoms with Crippen LogP contribution in [0.5, 0.6) is 0 Å². The Kier molecular flexibility index (Phi) is 7.04. The second-order valence-electron chi connectivity index (χ2n) is 7.46. The molecule has 5 nitrogen and oxygen atoms in total. The van der Waals surface area contributed by atoms with Crippen molar-refractivity contribution in [1.29, 1.82) is 0 Å². The highest BCUT2D eigenvalue weighted by molar-refractivity contribution is 5.85. The van der Waals surface area contributed by atoms with E-state index in [4.69, 9.17) is 4.74 Å². The molecule has 0 heterocycles. The molecule has 1 aliphatic rings.